The van der Waals surface area contributed by atoms with Gasteiger partial charge in [0.15, 0.2) is 5.76 Å². The number of carbonyl (C=O) groups is 4. The third kappa shape index (κ3) is 5.93. The summed E-state index contributed by atoms with van der Waals surface area (Å²) < 4.78 is 14.9. The normalized spacial score (nSPS) is 10.2. The molecule has 1 aromatic heterocycles. The number of nitrogens with one attached hydrogen (secondary N) is 1. The fourth-order valence-electron chi connectivity index (χ4n) is 2.44. The highest BCUT2D eigenvalue weighted by Gasteiger charge is 2.19. The number of furan rings is 1. The Kier molecular flexibility index (Phi) is 7.53. The SMILES string of the molecule is CCOC(=O)c1cc(NC(=O)CN(C)C(=O)c2ccco2)cc(C(=O)OCC)c1. The Morgan fingerprint density at radius 2 is 1.59 bits per heavy atom. The second kappa shape index (κ2) is 10.1. The molecule has 1 aromatic carbocycles. The lowest BCUT2D eigenvalue weighted by molar-refractivity contribution is -0.116. The summed E-state index contributed by atoms with van der Waals surface area (Å²) in [5.41, 5.74) is 0.378. The van der Waals surface area contributed by atoms with Crippen molar-refractivity contribution in [3.05, 3.63) is 53.5 Å². The molecule has 2 amide bonds. The van der Waals surface area contributed by atoms with Crippen LogP contribution in [0.5, 0.6) is 0 Å². The predicted octanol–water partition coefficient (Wildman–Crippen LogP) is 2.34. The molecule has 1 N–H and O–H groups in total. The smallest absolute Gasteiger partial charge is 0.338 e. The second-order valence-corrected chi connectivity index (χ2v) is 5.93. The molecule has 0 radical (unpaired) electrons. The fourth-order valence-corrected chi connectivity index (χ4v) is 2.44. The van der Waals surface area contributed by atoms with Crippen LogP contribution in [0.3, 0.4) is 0 Å². The van der Waals surface area contributed by atoms with Gasteiger partial charge in [-0.1, -0.05) is 0 Å². The molecule has 1 heterocycles. The van der Waals surface area contributed by atoms with E-state index in [1.165, 1.54) is 42.5 Å². The van der Waals surface area contributed by atoms with Crippen LogP contribution in [0, 0.1) is 0 Å². The summed E-state index contributed by atoms with van der Waals surface area (Å²) in [6.45, 7) is 3.36. The lowest BCUT2D eigenvalue weighted by Crippen LogP contribution is -2.34. The Bertz CT molecular complexity index is 854. The number of hydrogen-bond donors (Lipinski definition) is 1. The van der Waals surface area contributed by atoms with Gasteiger partial charge in [-0.3, -0.25) is 9.59 Å². The lowest BCUT2D eigenvalue weighted by atomic mass is 10.1. The van der Waals surface area contributed by atoms with Gasteiger partial charge in [0, 0.05) is 12.7 Å². The molecule has 0 saturated carbocycles. The minimum Gasteiger partial charge on any atom is -0.462 e. The Morgan fingerprint density at radius 3 is 2.07 bits per heavy atom. The van der Waals surface area contributed by atoms with E-state index in [0.717, 1.165) is 0 Å². The van der Waals surface area contributed by atoms with Crippen LogP contribution < -0.4 is 5.32 Å². The van der Waals surface area contributed by atoms with Crippen molar-refractivity contribution >= 4 is 29.4 Å². The number of esters is 2. The van der Waals surface area contributed by atoms with Gasteiger partial charge in [0.05, 0.1) is 37.1 Å². The minimum absolute atomic E-state index is 0.0905. The number of likely N-dealkylation sites (N-methyl/N-ethyl adjacent to an activating group) is 1. The third-order valence-corrected chi connectivity index (χ3v) is 3.70. The number of nitrogens with zero attached hydrogens (tertiary/aromatic N) is 1. The maximum atomic E-state index is 12.3. The van der Waals surface area contributed by atoms with Crippen molar-refractivity contribution in [2.24, 2.45) is 0 Å². The molecule has 2 rings (SSSR count). The van der Waals surface area contributed by atoms with Crippen molar-refractivity contribution < 1.29 is 33.1 Å². The number of amides is 2. The van der Waals surface area contributed by atoms with Crippen LogP contribution in [-0.4, -0.2) is 55.5 Å². The van der Waals surface area contributed by atoms with E-state index in [4.69, 9.17) is 13.9 Å². The highest BCUT2D eigenvalue weighted by atomic mass is 16.5. The number of anilines is 1. The van der Waals surface area contributed by atoms with Gasteiger partial charge in [0.1, 0.15) is 0 Å². The molecule has 0 bridgehead atoms. The summed E-state index contributed by atoms with van der Waals surface area (Å²) in [7, 11) is 1.45. The lowest BCUT2D eigenvalue weighted by Gasteiger charge is -2.16. The summed E-state index contributed by atoms with van der Waals surface area (Å²) in [5, 5.41) is 2.57. The molecular weight excluding hydrogens is 380 g/mol. The highest BCUT2D eigenvalue weighted by Crippen LogP contribution is 2.17. The predicted molar refractivity (Wildman–Crippen MR) is 103 cm³/mol. The summed E-state index contributed by atoms with van der Waals surface area (Å²) >= 11 is 0. The Hall–Kier alpha value is -3.62. The quantitative estimate of drug-likeness (QED) is 0.674. The van der Waals surface area contributed by atoms with E-state index in [1.54, 1.807) is 19.9 Å². The van der Waals surface area contributed by atoms with Crippen molar-refractivity contribution in [1.82, 2.24) is 4.90 Å². The first-order valence-electron chi connectivity index (χ1n) is 8.93. The molecule has 0 aliphatic carbocycles. The molecule has 0 spiro atoms. The Balaban J connectivity index is 2.16. The molecule has 0 aliphatic rings. The van der Waals surface area contributed by atoms with Crippen molar-refractivity contribution in [2.75, 3.05) is 32.1 Å². The van der Waals surface area contributed by atoms with Gasteiger partial charge in [-0.2, -0.15) is 0 Å². The highest BCUT2D eigenvalue weighted by molar-refractivity contribution is 6.01. The zero-order chi connectivity index (χ0) is 21.4. The zero-order valence-electron chi connectivity index (χ0n) is 16.4. The van der Waals surface area contributed by atoms with E-state index in [-0.39, 0.29) is 42.3 Å². The van der Waals surface area contributed by atoms with Gasteiger partial charge in [-0.15, -0.1) is 0 Å². The Labute approximate surface area is 167 Å². The molecule has 2 aromatic rings. The first-order valence-corrected chi connectivity index (χ1v) is 8.93. The van der Waals surface area contributed by atoms with Crippen LogP contribution >= 0.6 is 0 Å². The van der Waals surface area contributed by atoms with E-state index in [0.29, 0.717) is 0 Å². The number of benzene rings is 1. The van der Waals surface area contributed by atoms with Crippen LogP contribution in [0.1, 0.15) is 45.1 Å². The van der Waals surface area contributed by atoms with E-state index in [1.807, 2.05) is 0 Å². The average molecular weight is 402 g/mol. The minimum atomic E-state index is -0.640. The topological polar surface area (TPSA) is 115 Å². The maximum absolute atomic E-state index is 12.3. The van der Waals surface area contributed by atoms with Gasteiger partial charge in [0.2, 0.25) is 5.91 Å². The van der Waals surface area contributed by atoms with Crippen LogP contribution in [0.2, 0.25) is 0 Å². The van der Waals surface area contributed by atoms with Gasteiger partial charge >= 0.3 is 11.9 Å². The molecule has 9 nitrogen and oxygen atoms in total. The third-order valence-electron chi connectivity index (χ3n) is 3.70. The largest absolute Gasteiger partial charge is 0.462 e. The molecular formula is C20H22N2O7. The van der Waals surface area contributed by atoms with Gasteiger partial charge in [-0.05, 0) is 44.2 Å². The van der Waals surface area contributed by atoms with E-state index < -0.39 is 23.8 Å². The molecule has 0 aliphatic heterocycles. The summed E-state index contributed by atoms with van der Waals surface area (Å²) in [6.07, 6.45) is 1.36. The number of ether oxygens (including phenoxy) is 2. The average Bonchev–Trinajstić information content (AvgIpc) is 3.22. The van der Waals surface area contributed by atoms with Crippen molar-refractivity contribution in [2.45, 2.75) is 13.8 Å². The van der Waals surface area contributed by atoms with Crippen LogP contribution in [0.15, 0.2) is 41.0 Å². The van der Waals surface area contributed by atoms with E-state index in [9.17, 15) is 19.2 Å². The standard InChI is InChI=1S/C20H22N2O7/c1-4-27-19(25)13-9-14(20(26)28-5-2)11-15(10-13)21-17(23)12-22(3)18(24)16-7-6-8-29-16/h6-11H,4-5,12H2,1-3H3,(H,21,23). The fraction of sp³-hybridized carbons (Fsp3) is 0.300. The monoisotopic (exact) mass is 402 g/mol. The zero-order valence-corrected chi connectivity index (χ0v) is 16.4. The number of rotatable bonds is 8. The van der Waals surface area contributed by atoms with Crippen LogP contribution in [0.25, 0.3) is 0 Å². The summed E-state index contributed by atoms with van der Waals surface area (Å²) in [6, 6.07) is 7.16. The maximum Gasteiger partial charge on any atom is 0.338 e. The molecule has 0 saturated heterocycles. The molecule has 0 unspecified atom stereocenters. The summed E-state index contributed by atoms with van der Waals surface area (Å²) in [4.78, 5) is 49.8. The van der Waals surface area contributed by atoms with E-state index >= 15 is 0 Å². The number of hydrogen-bond acceptors (Lipinski definition) is 7. The first-order chi connectivity index (χ1) is 13.8. The molecule has 29 heavy (non-hydrogen) atoms. The Morgan fingerprint density at radius 1 is 1.00 bits per heavy atom. The summed E-state index contributed by atoms with van der Waals surface area (Å²) in [5.74, 6) is -2.16. The van der Waals surface area contributed by atoms with Crippen molar-refractivity contribution in [3.8, 4) is 0 Å². The molecule has 0 fully saturated rings. The molecule has 9 heteroatoms. The number of carbonyl (C=O) groups excluding carboxylic acids is 4. The van der Waals surface area contributed by atoms with Crippen molar-refractivity contribution in [3.63, 3.8) is 0 Å². The first kappa shape index (κ1) is 21.7. The van der Waals surface area contributed by atoms with Crippen LogP contribution in [0.4, 0.5) is 5.69 Å². The van der Waals surface area contributed by atoms with Gasteiger partial charge < -0.3 is 24.1 Å². The van der Waals surface area contributed by atoms with Crippen LogP contribution in [-0.2, 0) is 14.3 Å². The van der Waals surface area contributed by atoms with Crippen molar-refractivity contribution in [1.29, 1.82) is 0 Å². The van der Waals surface area contributed by atoms with Gasteiger partial charge in [-0.25, -0.2) is 9.59 Å². The molecule has 0 atom stereocenters. The van der Waals surface area contributed by atoms with E-state index in [2.05, 4.69) is 5.32 Å². The second-order valence-electron chi connectivity index (χ2n) is 5.93. The van der Waals surface area contributed by atoms with Gasteiger partial charge in [0.25, 0.3) is 5.91 Å². The molecule has 154 valence electrons.